The summed E-state index contributed by atoms with van der Waals surface area (Å²) in [6, 6.07) is 13.4. The number of hydrogen-bond acceptors (Lipinski definition) is 5. The Kier molecular flexibility index (Phi) is 11.7. The summed E-state index contributed by atoms with van der Waals surface area (Å²) in [6.45, 7) is 6.63. The van der Waals surface area contributed by atoms with Crippen LogP contribution in [0.15, 0.2) is 48.5 Å². The quantitative estimate of drug-likeness (QED) is 0.373. The first-order valence-corrected chi connectivity index (χ1v) is 14.6. The minimum absolute atomic E-state index is 0.0551. The van der Waals surface area contributed by atoms with Gasteiger partial charge in [0, 0.05) is 31.1 Å². The molecule has 1 N–H and O–H groups in total. The molecule has 0 radical (unpaired) electrons. The lowest BCUT2D eigenvalue weighted by Crippen LogP contribution is -2.49. The molecule has 2 amide bonds. The third-order valence-corrected chi connectivity index (χ3v) is 7.42. The molecule has 0 aliphatic heterocycles. The van der Waals surface area contributed by atoms with Gasteiger partial charge in [-0.1, -0.05) is 62.7 Å². The predicted octanol–water partition coefficient (Wildman–Crippen LogP) is 4.47. The zero-order chi connectivity index (χ0) is 27.6. The number of benzene rings is 2. The van der Waals surface area contributed by atoms with Crippen LogP contribution in [-0.2, 0) is 26.2 Å². The largest absolute Gasteiger partial charge is 0.495 e. The smallest absolute Gasteiger partial charge is 0.242 e. The minimum atomic E-state index is -3.63. The van der Waals surface area contributed by atoms with Crippen molar-refractivity contribution in [1.29, 1.82) is 0 Å². The van der Waals surface area contributed by atoms with Gasteiger partial charge in [0.1, 0.15) is 11.8 Å². The number of anilines is 1. The maximum atomic E-state index is 13.5. The Hall–Kier alpha value is -2.78. The van der Waals surface area contributed by atoms with Crippen molar-refractivity contribution in [3.05, 3.63) is 59.1 Å². The van der Waals surface area contributed by atoms with Crippen LogP contribution in [0, 0.1) is 5.92 Å². The molecule has 2 aromatic carbocycles. The van der Waals surface area contributed by atoms with Crippen LogP contribution in [0.4, 0.5) is 5.69 Å². The lowest BCUT2D eigenvalue weighted by atomic mass is 10.1. The Balaban J connectivity index is 2.25. The van der Waals surface area contributed by atoms with Crippen molar-refractivity contribution in [1.82, 2.24) is 10.2 Å². The molecular weight excluding hydrogens is 514 g/mol. The number of carbonyl (C=O) groups is 2. The molecule has 37 heavy (non-hydrogen) atoms. The van der Waals surface area contributed by atoms with Crippen molar-refractivity contribution in [2.75, 3.05) is 30.8 Å². The summed E-state index contributed by atoms with van der Waals surface area (Å²) in [7, 11) is -2.15. The van der Waals surface area contributed by atoms with Crippen molar-refractivity contribution in [3.63, 3.8) is 0 Å². The molecule has 2 aromatic rings. The number of halogens is 1. The van der Waals surface area contributed by atoms with Gasteiger partial charge in [0.15, 0.2) is 0 Å². The summed E-state index contributed by atoms with van der Waals surface area (Å²) >= 11 is 6.37. The van der Waals surface area contributed by atoms with Gasteiger partial charge in [-0.15, -0.1) is 0 Å². The van der Waals surface area contributed by atoms with Crippen molar-refractivity contribution in [2.45, 2.75) is 52.6 Å². The Bertz CT molecular complexity index is 1160. The fraction of sp³-hybridized carbons (Fsp3) is 0.481. The maximum Gasteiger partial charge on any atom is 0.242 e. The molecule has 0 saturated carbocycles. The van der Waals surface area contributed by atoms with Crippen molar-refractivity contribution in [3.8, 4) is 5.75 Å². The minimum Gasteiger partial charge on any atom is -0.495 e. The summed E-state index contributed by atoms with van der Waals surface area (Å²) < 4.78 is 31.7. The Morgan fingerprint density at radius 1 is 1.08 bits per heavy atom. The molecule has 1 unspecified atom stereocenters. The number of amides is 2. The Labute approximate surface area is 226 Å². The molecule has 0 aromatic heterocycles. The maximum absolute atomic E-state index is 13.5. The number of nitrogens with zero attached hydrogens (tertiary/aromatic N) is 2. The number of carbonyl (C=O) groups excluding carboxylic acids is 2. The first-order chi connectivity index (χ1) is 17.5. The molecule has 0 aliphatic rings. The molecule has 0 saturated heterocycles. The van der Waals surface area contributed by atoms with Crippen molar-refractivity contribution < 1.29 is 22.7 Å². The highest BCUT2D eigenvalue weighted by molar-refractivity contribution is 7.92. The number of ether oxygens (including phenoxy) is 1. The van der Waals surface area contributed by atoms with Crippen LogP contribution >= 0.6 is 11.6 Å². The summed E-state index contributed by atoms with van der Waals surface area (Å²) in [5.41, 5.74) is 1.15. The monoisotopic (exact) mass is 551 g/mol. The molecule has 0 fully saturated rings. The highest BCUT2D eigenvalue weighted by atomic mass is 35.5. The zero-order valence-corrected chi connectivity index (χ0v) is 23.8. The van der Waals surface area contributed by atoms with Crippen LogP contribution in [-0.4, -0.2) is 57.6 Å². The highest BCUT2D eigenvalue weighted by Crippen LogP contribution is 2.30. The van der Waals surface area contributed by atoms with Crippen LogP contribution in [0.1, 0.15) is 45.6 Å². The SMILES string of the molecule is CCC(C(=O)NCC(C)C)N(Cc1ccccc1Cl)C(=O)CCCN(c1ccccc1OC)S(C)(=O)=O. The first-order valence-electron chi connectivity index (χ1n) is 12.4. The van der Waals surface area contributed by atoms with Crippen LogP contribution in [0.2, 0.25) is 5.02 Å². The number of sulfonamides is 1. The number of hydrogen-bond donors (Lipinski definition) is 1. The van der Waals surface area contributed by atoms with Gasteiger partial charge in [0.05, 0.1) is 19.1 Å². The van der Waals surface area contributed by atoms with Gasteiger partial charge in [-0.25, -0.2) is 8.42 Å². The molecular formula is C27H38ClN3O5S. The van der Waals surface area contributed by atoms with E-state index in [1.807, 2.05) is 39.0 Å². The van der Waals surface area contributed by atoms with Gasteiger partial charge < -0.3 is 15.0 Å². The van der Waals surface area contributed by atoms with E-state index in [9.17, 15) is 18.0 Å². The van der Waals surface area contributed by atoms with E-state index in [-0.39, 0.29) is 43.7 Å². The van der Waals surface area contributed by atoms with E-state index in [1.165, 1.54) is 11.4 Å². The van der Waals surface area contributed by atoms with Crippen LogP contribution in [0.5, 0.6) is 5.75 Å². The molecule has 0 heterocycles. The molecule has 8 nitrogen and oxygen atoms in total. The predicted molar refractivity (Wildman–Crippen MR) is 148 cm³/mol. The normalized spacial score (nSPS) is 12.2. The molecule has 0 bridgehead atoms. The second-order valence-corrected chi connectivity index (χ2v) is 11.6. The molecule has 0 aliphatic carbocycles. The van der Waals surface area contributed by atoms with E-state index in [4.69, 9.17) is 16.3 Å². The molecule has 2 rings (SSSR count). The van der Waals surface area contributed by atoms with Gasteiger partial charge in [0.25, 0.3) is 0 Å². The number of methoxy groups -OCH3 is 1. The van der Waals surface area contributed by atoms with E-state index in [0.29, 0.717) is 29.4 Å². The fourth-order valence-corrected chi connectivity index (χ4v) is 5.13. The number of nitrogens with one attached hydrogen (secondary N) is 1. The van der Waals surface area contributed by atoms with Gasteiger partial charge >= 0.3 is 0 Å². The van der Waals surface area contributed by atoms with Gasteiger partial charge in [0.2, 0.25) is 21.8 Å². The van der Waals surface area contributed by atoms with Crippen LogP contribution < -0.4 is 14.4 Å². The Morgan fingerprint density at radius 3 is 2.32 bits per heavy atom. The zero-order valence-electron chi connectivity index (χ0n) is 22.2. The lowest BCUT2D eigenvalue weighted by Gasteiger charge is -2.31. The topological polar surface area (TPSA) is 96.0 Å². The summed E-state index contributed by atoms with van der Waals surface area (Å²) in [5, 5.41) is 3.44. The molecule has 0 spiro atoms. The standard InChI is InChI=1S/C27H38ClN3O5S/c1-6-23(27(33)29-18-20(2)3)30(19-21-12-7-8-13-22(21)28)26(32)16-11-17-31(37(5,34)35)24-14-9-10-15-25(24)36-4/h7-10,12-15,20,23H,6,11,16-19H2,1-5H3,(H,29,33). The van der Waals surface area contributed by atoms with Gasteiger partial charge in [-0.05, 0) is 42.5 Å². The van der Waals surface area contributed by atoms with Crippen molar-refractivity contribution >= 4 is 39.1 Å². The van der Waals surface area contributed by atoms with E-state index < -0.39 is 16.1 Å². The third-order valence-electron chi connectivity index (χ3n) is 5.88. The number of para-hydroxylation sites is 2. The van der Waals surface area contributed by atoms with Crippen LogP contribution in [0.3, 0.4) is 0 Å². The summed E-state index contributed by atoms with van der Waals surface area (Å²) in [6.07, 6.45) is 1.86. The fourth-order valence-electron chi connectivity index (χ4n) is 3.97. The lowest BCUT2D eigenvalue weighted by molar-refractivity contribution is -0.141. The molecule has 10 heteroatoms. The van der Waals surface area contributed by atoms with Crippen LogP contribution in [0.25, 0.3) is 0 Å². The van der Waals surface area contributed by atoms with Crippen molar-refractivity contribution in [2.24, 2.45) is 5.92 Å². The third kappa shape index (κ3) is 8.93. The first kappa shape index (κ1) is 30.4. The average molecular weight is 552 g/mol. The van der Waals surface area contributed by atoms with Gasteiger partial charge in [-0.2, -0.15) is 0 Å². The van der Waals surface area contributed by atoms with E-state index in [1.54, 1.807) is 35.2 Å². The number of rotatable bonds is 14. The summed E-state index contributed by atoms with van der Waals surface area (Å²) in [4.78, 5) is 28.1. The van der Waals surface area contributed by atoms with Gasteiger partial charge in [-0.3, -0.25) is 13.9 Å². The second kappa shape index (κ2) is 14.2. The molecule has 204 valence electrons. The highest BCUT2D eigenvalue weighted by Gasteiger charge is 2.29. The Morgan fingerprint density at radius 2 is 1.73 bits per heavy atom. The second-order valence-electron chi connectivity index (χ2n) is 9.29. The van der Waals surface area contributed by atoms with E-state index in [2.05, 4.69) is 5.32 Å². The molecule has 1 atom stereocenters. The van der Waals surface area contributed by atoms with E-state index in [0.717, 1.165) is 11.8 Å². The average Bonchev–Trinajstić information content (AvgIpc) is 2.85. The summed E-state index contributed by atoms with van der Waals surface area (Å²) in [5.74, 6) is 0.224. The van der Waals surface area contributed by atoms with E-state index >= 15 is 0 Å².